The minimum absolute atomic E-state index is 0.0253. The van der Waals surface area contributed by atoms with Crippen LogP contribution in [-0.4, -0.2) is 24.1 Å². The van der Waals surface area contributed by atoms with E-state index in [2.05, 4.69) is 22.8 Å². The number of rotatable bonds is 8. The van der Waals surface area contributed by atoms with Crippen molar-refractivity contribution in [2.75, 3.05) is 17.6 Å². The molecule has 170 valence electrons. The van der Waals surface area contributed by atoms with Crippen LogP contribution in [0.1, 0.15) is 42.5 Å². The molecule has 0 atom stereocenters. The van der Waals surface area contributed by atoms with Crippen LogP contribution in [-0.2, 0) is 4.79 Å². The molecule has 0 aromatic heterocycles. The fourth-order valence-electron chi connectivity index (χ4n) is 4.20. The summed E-state index contributed by atoms with van der Waals surface area (Å²) in [7, 11) is 0. The number of hydrogen-bond donors (Lipinski definition) is 2. The number of amides is 2. The molecule has 5 heteroatoms. The number of thioether (sulfide) groups is 1. The Morgan fingerprint density at radius 1 is 0.788 bits per heavy atom. The first kappa shape index (κ1) is 23.1. The Bertz CT molecular complexity index is 1060. The highest BCUT2D eigenvalue weighted by Crippen LogP contribution is 2.26. The molecule has 4 rings (SSSR count). The predicted molar refractivity (Wildman–Crippen MR) is 137 cm³/mol. The lowest BCUT2D eigenvalue weighted by Crippen LogP contribution is -2.31. The van der Waals surface area contributed by atoms with E-state index in [0.29, 0.717) is 17.2 Å². The summed E-state index contributed by atoms with van der Waals surface area (Å²) in [5.41, 5.74) is 3.56. The van der Waals surface area contributed by atoms with Crippen molar-refractivity contribution in [3.8, 4) is 11.1 Å². The highest BCUT2D eigenvalue weighted by molar-refractivity contribution is 8.00. The molecule has 0 aliphatic heterocycles. The highest BCUT2D eigenvalue weighted by atomic mass is 32.2. The molecule has 1 aliphatic rings. The van der Waals surface area contributed by atoms with Crippen molar-refractivity contribution in [1.82, 2.24) is 5.32 Å². The first-order chi connectivity index (χ1) is 16.2. The number of hydrogen-bond acceptors (Lipinski definition) is 3. The molecule has 0 bridgehead atoms. The van der Waals surface area contributed by atoms with E-state index < -0.39 is 0 Å². The molecular formula is C28H30N2O2S. The molecule has 1 saturated carbocycles. The van der Waals surface area contributed by atoms with Crippen LogP contribution in [0.3, 0.4) is 0 Å². The Hall–Kier alpha value is -3.05. The van der Waals surface area contributed by atoms with Gasteiger partial charge in [0.25, 0.3) is 5.91 Å². The summed E-state index contributed by atoms with van der Waals surface area (Å²) in [6, 6.07) is 25.4. The van der Waals surface area contributed by atoms with E-state index in [0.717, 1.165) is 28.3 Å². The summed E-state index contributed by atoms with van der Waals surface area (Å²) in [5.74, 6) is 0.771. The molecular weight excluding hydrogens is 428 g/mol. The quantitative estimate of drug-likeness (QED) is 0.384. The van der Waals surface area contributed by atoms with E-state index in [1.54, 1.807) is 6.07 Å². The fraction of sp³-hybridized carbons (Fsp3) is 0.286. The average molecular weight is 459 g/mol. The third kappa shape index (κ3) is 6.72. The van der Waals surface area contributed by atoms with Gasteiger partial charge in [0.1, 0.15) is 0 Å². The van der Waals surface area contributed by atoms with Gasteiger partial charge >= 0.3 is 0 Å². The normalized spacial score (nSPS) is 13.9. The smallest absolute Gasteiger partial charge is 0.256 e. The fourth-order valence-corrected chi connectivity index (χ4v) is 5.08. The van der Waals surface area contributed by atoms with Gasteiger partial charge in [-0.15, -0.1) is 11.8 Å². The molecule has 0 radical (unpaired) electrons. The summed E-state index contributed by atoms with van der Waals surface area (Å²) in [6.07, 6.45) is 6.28. The number of carbonyl (C=O) groups excluding carboxylic acids is 2. The molecule has 33 heavy (non-hydrogen) atoms. The lowest BCUT2D eigenvalue weighted by molar-refractivity contribution is -0.118. The van der Waals surface area contributed by atoms with Gasteiger partial charge in [0, 0.05) is 17.1 Å². The molecule has 3 aromatic rings. The zero-order valence-electron chi connectivity index (χ0n) is 18.8. The maximum absolute atomic E-state index is 12.9. The van der Waals surface area contributed by atoms with Crippen molar-refractivity contribution in [2.45, 2.75) is 37.0 Å². The standard InChI is InChI=1S/C28H30N2O2S/c31-27(29-19-21-9-3-1-4-10-21)20-33-26-14-8-7-13-25(26)28(32)30-24-17-15-23(16-18-24)22-11-5-2-6-12-22/h2,5-8,11-18,21H,1,3-4,9-10,19-20H2,(H,29,31)(H,30,32). The summed E-state index contributed by atoms with van der Waals surface area (Å²) in [4.78, 5) is 26.1. The third-order valence-corrected chi connectivity index (χ3v) is 7.13. The third-order valence-electron chi connectivity index (χ3n) is 6.05. The highest BCUT2D eigenvalue weighted by Gasteiger charge is 2.16. The number of nitrogens with one attached hydrogen (secondary N) is 2. The second kappa shape index (κ2) is 11.7. The van der Waals surface area contributed by atoms with Crippen LogP contribution in [0.25, 0.3) is 11.1 Å². The van der Waals surface area contributed by atoms with Crippen LogP contribution >= 0.6 is 11.8 Å². The lowest BCUT2D eigenvalue weighted by atomic mass is 9.89. The van der Waals surface area contributed by atoms with E-state index in [1.807, 2.05) is 60.7 Å². The van der Waals surface area contributed by atoms with Crippen molar-refractivity contribution in [2.24, 2.45) is 5.92 Å². The van der Waals surface area contributed by atoms with Crippen molar-refractivity contribution >= 4 is 29.3 Å². The van der Waals surface area contributed by atoms with Crippen LogP contribution < -0.4 is 10.6 Å². The Kier molecular flexibility index (Phi) is 8.20. The topological polar surface area (TPSA) is 58.2 Å². The van der Waals surface area contributed by atoms with Crippen molar-refractivity contribution in [3.05, 3.63) is 84.4 Å². The van der Waals surface area contributed by atoms with Crippen LogP contribution in [0, 0.1) is 5.92 Å². The zero-order chi connectivity index (χ0) is 22.9. The molecule has 0 heterocycles. The van der Waals surface area contributed by atoms with Crippen LogP contribution in [0.2, 0.25) is 0 Å². The second-order valence-corrected chi connectivity index (χ2v) is 9.51. The SMILES string of the molecule is O=C(CSc1ccccc1C(=O)Nc1ccc(-c2ccccc2)cc1)NCC1CCCCC1. The maximum Gasteiger partial charge on any atom is 0.256 e. The lowest BCUT2D eigenvalue weighted by Gasteiger charge is -2.21. The summed E-state index contributed by atoms with van der Waals surface area (Å²) in [5, 5.41) is 6.05. The van der Waals surface area contributed by atoms with Gasteiger partial charge in [-0.25, -0.2) is 0 Å². The average Bonchev–Trinajstić information content (AvgIpc) is 2.88. The molecule has 0 unspecified atom stereocenters. The first-order valence-corrected chi connectivity index (χ1v) is 12.6. The molecule has 0 spiro atoms. The molecule has 3 aromatic carbocycles. The summed E-state index contributed by atoms with van der Waals surface area (Å²) < 4.78 is 0. The van der Waals surface area contributed by atoms with Gasteiger partial charge in [-0.05, 0) is 54.2 Å². The Morgan fingerprint density at radius 3 is 2.21 bits per heavy atom. The second-order valence-electron chi connectivity index (χ2n) is 8.49. The minimum Gasteiger partial charge on any atom is -0.355 e. The van der Waals surface area contributed by atoms with Gasteiger partial charge in [-0.1, -0.05) is 73.9 Å². The van der Waals surface area contributed by atoms with E-state index >= 15 is 0 Å². The largest absolute Gasteiger partial charge is 0.355 e. The Labute approximate surface area is 200 Å². The van der Waals surface area contributed by atoms with E-state index in [-0.39, 0.29) is 11.8 Å². The maximum atomic E-state index is 12.9. The van der Waals surface area contributed by atoms with E-state index in [9.17, 15) is 9.59 Å². The van der Waals surface area contributed by atoms with Gasteiger partial charge in [0.15, 0.2) is 0 Å². The van der Waals surface area contributed by atoms with Crippen LogP contribution in [0.5, 0.6) is 0 Å². The molecule has 1 aliphatic carbocycles. The van der Waals surface area contributed by atoms with Gasteiger partial charge in [0.05, 0.1) is 11.3 Å². The van der Waals surface area contributed by atoms with Gasteiger partial charge in [0.2, 0.25) is 5.91 Å². The zero-order valence-corrected chi connectivity index (χ0v) is 19.6. The first-order valence-electron chi connectivity index (χ1n) is 11.6. The summed E-state index contributed by atoms with van der Waals surface area (Å²) in [6.45, 7) is 0.764. The number of anilines is 1. The van der Waals surface area contributed by atoms with Crippen molar-refractivity contribution < 1.29 is 9.59 Å². The minimum atomic E-state index is -0.173. The molecule has 0 saturated heterocycles. The molecule has 4 nitrogen and oxygen atoms in total. The summed E-state index contributed by atoms with van der Waals surface area (Å²) >= 11 is 1.41. The number of carbonyl (C=O) groups is 2. The molecule has 2 amide bonds. The van der Waals surface area contributed by atoms with Crippen molar-refractivity contribution in [3.63, 3.8) is 0 Å². The van der Waals surface area contributed by atoms with Gasteiger partial charge in [-0.3, -0.25) is 9.59 Å². The van der Waals surface area contributed by atoms with Gasteiger partial charge in [-0.2, -0.15) is 0 Å². The predicted octanol–water partition coefficient (Wildman–Crippen LogP) is 6.39. The van der Waals surface area contributed by atoms with Crippen LogP contribution in [0.4, 0.5) is 5.69 Å². The van der Waals surface area contributed by atoms with E-state index in [1.165, 1.54) is 43.9 Å². The van der Waals surface area contributed by atoms with Gasteiger partial charge < -0.3 is 10.6 Å². The van der Waals surface area contributed by atoms with E-state index in [4.69, 9.17) is 0 Å². The Balaban J connectivity index is 1.32. The molecule has 2 N–H and O–H groups in total. The van der Waals surface area contributed by atoms with Crippen LogP contribution in [0.15, 0.2) is 83.8 Å². The molecule has 1 fully saturated rings. The monoisotopic (exact) mass is 458 g/mol. The number of benzene rings is 3. The Morgan fingerprint density at radius 2 is 1.45 bits per heavy atom. The van der Waals surface area contributed by atoms with Crippen molar-refractivity contribution in [1.29, 1.82) is 0 Å².